The zero-order chi connectivity index (χ0) is 18.8. The van der Waals surface area contributed by atoms with Crippen LogP contribution in [-0.2, 0) is 0 Å². The lowest BCUT2D eigenvalue weighted by molar-refractivity contribution is 0.475. The minimum atomic E-state index is 0.191. The minimum absolute atomic E-state index is 0.191. The molecule has 1 aromatic heterocycles. The number of phenolic OH excluding ortho intramolecular Hbond substituents is 1. The second-order valence-corrected chi connectivity index (χ2v) is 7.18. The molecule has 4 aromatic rings. The van der Waals surface area contributed by atoms with Crippen molar-refractivity contribution in [1.29, 1.82) is 0 Å². The standard InChI is InChI=1S/C21H16ClN3OS/c1-23-21-25(19(13-27-21)15-6-9-16(22)10-7-15)24-12-18-17-5-3-2-4-14(17)8-11-20(18)26/h2-13,26H,1H3. The Kier molecular flexibility index (Phi) is 4.79. The first-order valence-electron chi connectivity index (χ1n) is 8.32. The van der Waals surface area contributed by atoms with Crippen LogP contribution in [0.4, 0.5) is 0 Å². The quantitative estimate of drug-likeness (QED) is 0.481. The van der Waals surface area contributed by atoms with Gasteiger partial charge in [-0.1, -0.05) is 54.1 Å². The molecule has 6 heteroatoms. The van der Waals surface area contributed by atoms with Gasteiger partial charge in [0.25, 0.3) is 0 Å². The average molecular weight is 394 g/mol. The average Bonchev–Trinajstić information content (AvgIpc) is 3.10. The molecular formula is C21H16ClN3OS. The number of halogens is 1. The number of thiazole rings is 1. The normalized spacial score (nSPS) is 12.3. The number of rotatable bonds is 3. The molecule has 0 saturated heterocycles. The van der Waals surface area contributed by atoms with Crippen molar-refractivity contribution in [2.24, 2.45) is 10.1 Å². The molecule has 0 bridgehead atoms. The monoisotopic (exact) mass is 393 g/mol. The maximum absolute atomic E-state index is 10.3. The molecule has 0 aliphatic rings. The summed E-state index contributed by atoms with van der Waals surface area (Å²) in [7, 11) is 1.74. The van der Waals surface area contributed by atoms with Crippen LogP contribution in [-0.4, -0.2) is 23.0 Å². The van der Waals surface area contributed by atoms with E-state index in [0.29, 0.717) is 10.6 Å². The van der Waals surface area contributed by atoms with E-state index in [4.69, 9.17) is 11.6 Å². The van der Waals surface area contributed by atoms with Crippen LogP contribution < -0.4 is 4.80 Å². The summed E-state index contributed by atoms with van der Waals surface area (Å²) in [6.07, 6.45) is 1.68. The summed E-state index contributed by atoms with van der Waals surface area (Å²) in [5.41, 5.74) is 2.58. The van der Waals surface area contributed by atoms with Crippen molar-refractivity contribution in [1.82, 2.24) is 4.68 Å². The number of aromatic nitrogens is 1. The lowest BCUT2D eigenvalue weighted by atomic mass is 10.0. The second kappa shape index (κ2) is 7.39. The SMILES string of the molecule is CN=c1scc(-c2ccc(Cl)cc2)n1N=Cc1c(O)ccc2ccccc12. The number of benzene rings is 3. The second-order valence-electron chi connectivity index (χ2n) is 5.91. The molecule has 134 valence electrons. The van der Waals surface area contributed by atoms with Crippen molar-refractivity contribution in [2.45, 2.75) is 0 Å². The van der Waals surface area contributed by atoms with E-state index in [1.165, 1.54) is 11.3 Å². The Morgan fingerprint density at radius 2 is 1.81 bits per heavy atom. The molecule has 0 atom stereocenters. The van der Waals surface area contributed by atoms with Gasteiger partial charge in [0.15, 0.2) is 0 Å². The Balaban J connectivity index is 1.85. The van der Waals surface area contributed by atoms with Crippen LogP contribution >= 0.6 is 22.9 Å². The molecule has 0 saturated carbocycles. The van der Waals surface area contributed by atoms with Gasteiger partial charge >= 0.3 is 0 Å². The highest BCUT2D eigenvalue weighted by molar-refractivity contribution is 7.07. The molecule has 27 heavy (non-hydrogen) atoms. The summed E-state index contributed by atoms with van der Waals surface area (Å²) in [5, 5.41) is 19.7. The highest BCUT2D eigenvalue weighted by Gasteiger charge is 2.09. The number of phenols is 1. The molecule has 0 unspecified atom stereocenters. The summed E-state index contributed by atoms with van der Waals surface area (Å²) < 4.78 is 1.77. The Labute approximate surface area is 165 Å². The fourth-order valence-electron chi connectivity index (χ4n) is 2.92. The van der Waals surface area contributed by atoms with Gasteiger partial charge in [0.2, 0.25) is 4.80 Å². The predicted octanol–water partition coefficient (Wildman–Crippen LogP) is 5.14. The van der Waals surface area contributed by atoms with Gasteiger partial charge in [-0.25, -0.2) is 4.68 Å². The van der Waals surface area contributed by atoms with E-state index in [0.717, 1.165) is 26.8 Å². The lowest BCUT2D eigenvalue weighted by Gasteiger charge is -2.06. The largest absolute Gasteiger partial charge is 0.507 e. The highest BCUT2D eigenvalue weighted by Crippen LogP contribution is 2.26. The topological polar surface area (TPSA) is 49.9 Å². The summed E-state index contributed by atoms with van der Waals surface area (Å²) in [6.45, 7) is 0. The zero-order valence-corrected chi connectivity index (χ0v) is 16.1. The smallest absolute Gasteiger partial charge is 0.205 e. The van der Waals surface area contributed by atoms with Gasteiger partial charge in [-0.05, 0) is 29.0 Å². The number of fused-ring (bicyclic) bond motifs is 1. The van der Waals surface area contributed by atoms with Gasteiger partial charge in [0, 0.05) is 28.6 Å². The van der Waals surface area contributed by atoms with E-state index in [9.17, 15) is 5.11 Å². The van der Waals surface area contributed by atoms with Crippen molar-refractivity contribution < 1.29 is 5.11 Å². The molecule has 1 heterocycles. The Hall–Kier alpha value is -2.89. The molecule has 0 amide bonds. The van der Waals surface area contributed by atoms with E-state index in [2.05, 4.69) is 10.1 Å². The third kappa shape index (κ3) is 3.39. The van der Waals surface area contributed by atoms with Gasteiger partial charge in [-0.2, -0.15) is 5.10 Å². The molecule has 0 fully saturated rings. The van der Waals surface area contributed by atoms with Gasteiger partial charge in [-0.3, -0.25) is 4.99 Å². The van der Waals surface area contributed by atoms with Crippen molar-refractivity contribution in [3.05, 3.63) is 81.4 Å². The van der Waals surface area contributed by atoms with Crippen molar-refractivity contribution >= 4 is 39.9 Å². The fourth-order valence-corrected chi connectivity index (χ4v) is 3.85. The number of nitrogens with zero attached hydrogens (tertiary/aromatic N) is 3. The van der Waals surface area contributed by atoms with Crippen LogP contribution in [0, 0.1) is 0 Å². The molecule has 3 aromatic carbocycles. The Morgan fingerprint density at radius 1 is 1.04 bits per heavy atom. The van der Waals surface area contributed by atoms with Gasteiger partial charge in [0.1, 0.15) is 5.75 Å². The predicted molar refractivity (Wildman–Crippen MR) is 113 cm³/mol. The number of hydrogen-bond acceptors (Lipinski definition) is 4. The fraction of sp³-hybridized carbons (Fsp3) is 0.0476. The van der Waals surface area contributed by atoms with Gasteiger partial charge in [-0.15, -0.1) is 11.3 Å². The maximum Gasteiger partial charge on any atom is 0.205 e. The van der Waals surface area contributed by atoms with Crippen LogP contribution in [0.1, 0.15) is 5.56 Å². The van der Waals surface area contributed by atoms with Crippen LogP contribution in [0.25, 0.3) is 22.0 Å². The molecule has 4 rings (SSSR count). The molecule has 1 N–H and O–H groups in total. The van der Waals surface area contributed by atoms with Crippen molar-refractivity contribution in [2.75, 3.05) is 7.05 Å². The van der Waals surface area contributed by atoms with E-state index < -0.39 is 0 Å². The van der Waals surface area contributed by atoms with E-state index >= 15 is 0 Å². The van der Waals surface area contributed by atoms with Crippen molar-refractivity contribution in [3.8, 4) is 17.0 Å². The first-order chi connectivity index (χ1) is 13.2. The summed E-state index contributed by atoms with van der Waals surface area (Å²) in [5.74, 6) is 0.191. The summed E-state index contributed by atoms with van der Waals surface area (Å²) in [6, 6.07) is 19.1. The minimum Gasteiger partial charge on any atom is -0.507 e. The van der Waals surface area contributed by atoms with E-state index in [-0.39, 0.29) is 5.75 Å². The van der Waals surface area contributed by atoms with Gasteiger partial charge < -0.3 is 5.11 Å². The highest BCUT2D eigenvalue weighted by atomic mass is 35.5. The third-order valence-corrected chi connectivity index (χ3v) is 5.43. The van der Waals surface area contributed by atoms with Crippen molar-refractivity contribution in [3.63, 3.8) is 0 Å². The number of aromatic hydroxyl groups is 1. The first-order valence-corrected chi connectivity index (χ1v) is 9.57. The van der Waals surface area contributed by atoms with Crippen LogP contribution in [0.2, 0.25) is 5.02 Å². The van der Waals surface area contributed by atoms with Gasteiger partial charge in [0.05, 0.1) is 11.9 Å². The molecule has 0 aliphatic heterocycles. The molecule has 0 spiro atoms. The van der Waals surface area contributed by atoms with Crippen LogP contribution in [0.3, 0.4) is 0 Å². The number of hydrogen-bond donors (Lipinski definition) is 1. The first kappa shape index (κ1) is 17.5. The maximum atomic E-state index is 10.3. The van der Waals surface area contributed by atoms with E-state index in [1.54, 1.807) is 24.0 Å². The van der Waals surface area contributed by atoms with Crippen LogP contribution in [0.5, 0.6) is 5.75 Å². The van der Waals surface area contributed by atoms with E-state index in [1.807, 2.05) is 60.0 Å². The lowest BCUT2D eigenvalue weighted by Crippen LogP contribution is -2.11. The Bertz CT molecular complexity index is 1210. The Morgan fingerprint density at radius 3 is 2.59 bits per heavy atom. The molecular weight excluding hydrogens is 378 g/mol. The molecule has 0 aliphatic carbocycles. The molecule has 4 nitrogen and oxygen atoms in total. The van der Waals surface area contributed by atoms with Crippen LogP contribution in [0.15, 0.2) is 76.1 Å². The summed E-state index contributed by atoms with van der Waals surface area (Å²) >= 11 is 7.51. The third-order valence-electron chi connectivity index (χ3n) is 4.27. The zero-order valence-electron chi connectivity index (χ0n) is 14.5. The summed E-state index contributed by atoms with van der Waals surface area (Å²) in [4.78, 5) is 5.07. The molecule has 0 radical (unpaired) electrons.